The molecule has 19 heavy (non-hydrogen) atoms. The Balaban J connectivity index is 0.000000408. The molecule has 96 valence electrons. The lowest BCUT2D eigenvalue weighted by Gasteiger charge is -2.14. The SMILES string of the molecule is C1=Cc2c(cccc2-c2ccccc2)CC1.C=CC. The molecule has 0 saturated carbocycles. The van der Waals surface area contributed by atoms with Gasteiger partial charge in [0.15, 0.2) is 0 Å². The van der Waals surface area contributed by atoms with Crippen LogP contribution in [0.5, 0.6) is 0 Å². The zero-order valence-electron chi connectivity index (χ0n) is 11.5. The molecule has 1 aliphatic carbocycles. The molecule has 0 N–H and O–H groups in total. The van der Waals surface area contributed by atoms with Crippen LogP contribution in [0.3, 0.4) is 0 Å². The van der Waals surface area contributed by atoms with Crippen LogP contribution < -0.4 is 0 Å². The number of allylic oxidation sites excluding steroid dienone is 2. The number of rotatable bonds is 1. The highest BCUT2D eigenvalue weighted by Crippen LogP contribution is 2.30. The molecule has 0 unspecified atom stereocenters. The van der Waals surface area contributed by atoms with E-state index in [1.54, 1.807) is 6.08 Å². The number of hydrogen-bond acceptors (Lipinski definition) is 0. The quantitative estimate of drug-likeness (QED) is 0.584. The van der Waals surface area contributed by atoms with Crippen LogP contribution in [0.1, 0.15) is 24.5 Å². The van der Waals surface area contributed by atoms with Crippen molar-refractivity contribution in [1.82, 2.24) is 0 Å². The minimum Gasteiger partial charge on any atom is -0.103 e. The molecular weight excluding hydrogens is 228 g/mol. The molecule has 1 aliphatic rings. The van der Waals surface area contributed by atoms with Gasteiger partial charge in [-0.05, 0) is 42.0 Å². The predicted octanol–water partition coefficient (Wildman–Crippen LogP) is 5.51. The van der Waals surface area contributed by atoms with Crippen molar-refractivity contribution in [2.45, 2.75) is 19.8 Å². The Morgan fingerprint density at radius 1 is 1.00 bits per heavy atom. The van der Waals surface area contributed by atoms with Gasteiger partial charge in [-0.3, -0.25) is 0 Å². The van der Waals surface area contributed by atoms with Gasteiger partial charge < -0.3 is 0 Å². The summed E-state index contributed by atoms with van der Waals surface area (Å²) in [4.78, 5) is 0. The lowest BCUT2D eigenvalue weighted by atomic mass is 9.90. The first-order chi connectivity index (χ1) is 9.36. The van der Waals surface area contributed by atoms with E-state index in [2.05, 4.69) is 67.3 Å². The normalized spacial score (nSPS) is 12.1. The molecule has 0 spiro atoms. The highest BCUT2D eigenvalue weighted by Gasteiger charge is 2.09. The summed E-state index contributed by atoms with van der Waals surface area (Å²) < 4.78 is 0. The van der Waals surface area contributed by atoms with E-state index < -0.39 is 0 Å². The summed E-state index contributed by atoms with van der Waals surface area (Å²) in [5.41, 5.74) is 5.55. The summed E-state index contributed by atoms with van der Waals surface area (Å²) in [6.07, 6.45) is 8.63. The Kier molecular flexibility index (Phi) is 4.74. The average molecular weight is 248 g/mol. The molecule has 0 radical (unpaired) electrons. The first-order valence-corrected chi connectivity index (χ1v) is 6.77. The third-order valence-corrected chi connectivity index (χ3v) is 3.15. The van der Waals surface area contributed by atoms with E-state index in [0.29, 0.717) is 0 Å². The fourth-order valence-corrected chi connectivity index (χ4v) is 2.34. The Bertz CT molecular complexity index is 562. The van der Waals surface area contributed by atoms with Crippen LogP contribution in [-0.4, -0.2) is 0 Å². The van der Waals surface area contributed by atoms with Gasteiger partial charge in [-0.2, -0.15) is 0 Å². The molecule has 0 saturated heterocycles. The number of aryl methyl sites for hydroxylation is 1. The molecule has 0 bridgehead atoms. The molecular formula is C19H20. The van der Waals surface area contributed by atoms with Crippen molar-refractivity contribution in [3.8, 4) is 11.1 Å². The lowest BCUT2D eigenvalue weighted by molar-refractivity contribution is 0.986. The van der Waals surface area contributed by atoms with Gasteiger partial charge in [0.2, 0.25) is 0 Å². The molecule has 2 aromatic rings. The van der Waals surface area contributed by atoms with Crippen LogP contribution in [0.2, 0.25) is 0 Å². The smallest absolute Gasteiger partial charge is 0.0109 e. The fourth-order valence-electron chi connectivity index (χ4n) is 2.34. The van der Waals surface area contributed by atoms with Crippen LogP contribution in [0.25, 0.3) is 17.2 Å². The molecule has 0 amide bonds. The van der Waals surface area contributed by atoms with E-state index in [0.717, 1.165) is 0 Å². The Labute approximate surface area is 116 Å². The summed E-state index contributed by atoms with van der Waals surface area (Å²) in [7, 11) is 0. The van der Waals surface area contributed by atoms with Gasteiger partial charge in [0.25, 0.3) is 0 Å². The van der Waals surface area contributed by atoms with Crippen LogP contribution in [0, 0.1) is 0 Å². The average Bonchev–Trinajstić information content (AvgIpc) is 2.48. The minimum atomic E-state index is 1.17. The summed E-state index contributed by atoms with van der Waals surface area (Å²) in [6, 6.07) is 17.2. The van der Waals surface area contributed by atoms with Crippen LogP contribution >= 0.6 is 0 Å². The Morgan fingerprint density at radius 3 is 2.47 bits per heavy atom. The monoisotopic (exact) mass is 248 g/mol. The number of fused-ring (bicyclic) bond motifs is 1. The van der Waals surface area contributed by atoms with E-state index in [9.17, 15) is 0 Å². The molecule has 3 rings (SSSR count). The highest BCUT2D eigenvalue weighted by atomic mass is 14.1. The largest absolute Gasteiger partial charge is 0.103 e. The molecule has 0 heterocycles. The molecule has 0 aliphatic heterocycles. The van der Waals surface area contributed by atoms with Gasteiger partial charge in [0.1, 0.15) is 0 Å². The first kappa shape index (κ1) is 13.4. The van der Waals surface area contributed by atoms with Crippen LogP contribution in [0.4, 0.5) is 0 Å². The standard InChI is InChI=1S/C16H14.C3H6/c1-2-7-13(8-3-1)16-12-6-10-14-9-4-5-11-15(14)16;1-3-2/h1-3,5-8,10-12H,4,9H2;3H,1H2,2H3. The van der Waals surface area contributed by atoms with E-state index >= 15 is 0 Å². The van der Waals surface area contributed by atoms with Crippen molar-refractivity contribution in [2.75, 3.05) is 0 Å². The zero-order valence-corrected chi connectivity index (χ0v) is 11.5. The molecule has 0 fully saturated rings. The van der Waals surface area contributed by atoms with Crippen molar-refractivity contribution >= 4 is 6.08 Å². The number of hydrogen-bond donors (Lipinski definition) is 0. The van der Waals surface area contributed by atoms with E-state index in [1.165, 1.54) is 35.1 Å². The van der Waals surface area contributed by atoms with E-state index in [-0.39, 0.29) is 0 Å². The fraction of sp³-hybridized carbons (Fsp3) is 0.158. The van der Waals surface area contributed by atoms with Crippen molar-refractivity contribution in [3.05, 3.63) is 78.4 Å². The predicted molar refractivity (Wildman–Crippen MR) is 85.1 cm³/mol. The third kappa shape index (κ3) is 3.23. The maximum absolute atomic E-state index is 3.36. The summed E-state index contributed by atoms with van der Waals surface area (Å²) >= 11 is 0. The lowest BCUT2D eigenvalue weighted by Crippen LogP contribution is -1.96. The topological polar surface area (TPSA) is 0 Å². The van der Waals surface area contributed by atoms with Crippen LogP contribution in [0.15, 0.2) is 67.3 Å². The second-order valence-electron chi connectivity index (χ2n) is 4.59. The maximum Gasteiger partial charge on any atom is -0.0109 e. The second-order valence-corrected chi connectivity index (χ2v) is 4.59. The first-order valence-electron chi connectivity index (χ1n) is 6.77. The molecule has 0 atom stereocenters. The molecule has 0 nitrogen and oxygen atoms in total. The van der Waals surface area contributed by atoms with Gasteiger partial charge in [0, 0.05) is 0 Å². The highest BCUT2D eigenvalue weighted by molar-refractivity contribution is 5.77. The zero-order chi connectivity index (χ0) is 13.5. The minimum absolute atomic E-state index is 1.17. The summed E-state index contributed by atoms with van der Waals surface area (Å²) in [6.45, 7) is 5.25. The Morgan fingerprint density at radius 2 is 1.74 bits per heavy atom. The van der Waals surface area contributed by atoms with E-state index in [1.807, 2.05) is 6.92 Å². The summed E-state index contributed by atoms with van der Waals surface area (Å²) in [5.74, 6) is 0. The molecule has 2 aromatic carbocycles. The van der Waals surface area contributed by atoms with Crippen molar-refractivity contribution in [3.63, 3.8) is 0 Å². The van der Waals surface area contributed by atoms with Crippen LogP contribution in [-0.2, 0) is 6.42 Å². The van der Waals surface area contributed by atoms with Crippen molar-refractivity contribution < 1.29 is 0 Å². The summed E-state index contributed by atoms with van der Waals surface area (Å²) in [5, 5.41) is 0. The van der Waals surface area contributed by atoms with Gasteiger partial charge in [-0.25, -0.2) is 0 Å². The van der Waals surface area contributed by atoms with Crippen molar-refractivity contribution in [2.24, 2.45) is 0 Å². The maximum atomic E-state index is 3.36. The third-order valence-electron chi connectivity index (χ3n) is 3.15. The van der Waals surface area contributed by atoms with Gasteiger partial charge in [-0.15, -0.1) is 6.58 Å². The molecule has 0 aromatic heterocycles. The Hall–Kier alpha value is -2.08. The van der Waals surface area contributed by atoms with Gasteiger partial charge in [0.05, 0.1) is 0 Å². The molecule has 0 heteroatoms. The van der Waals surface area contributed by atoms with Gasteiger partial charge in [-0.1, -0.05) is 66.8 Å². The van der Waals surface area contributed by atoms with E-state index in [4.69, 9.17) is 0 Å². The second kappa shape index (κ2) is 6.75. The number of benzene rings is 2. The van der Waals surface area contributed by atoms with Gasteiger partial charge >= 0.3 is 0 Å². The van der Waals surface area contributed by atoms with Crippen molar-refractivity contribution in [1.29, 1.82) is 0 Å².